The first kappa shape index (κ1) is 12.5. The van der Waals surface area contributed by atoms with Crippen LogP contribution in [-0.2, 0) is 13.6 Å². The molecule has 5 heteroatoms. The van der Waals surface area contributed by atoms with Gasteiger partial charge in [-0.1, -0.05) is 13.8 Å². The van der Waals surface area contributed by atoms with E-state index in [0.717, 1.165) is 28.7 Å². The number of rotatable bonds is 4. The van der Waals surface area contributed by atoms with E-state index in [1.807, 2.05) is 26.1 Å². The van der Waals surface area contributed by atoms with Gasteiger partial charge in [-0.2, -0.15) is 5.10 Å². The standard InChI is InChI=1S/C13H20N4O/c1-8(2)12-11(14)13(17(4)16-12)15-7-10-6-5-9(3)18-10/h5-6,8,15H,7,14H2,1-4H3. The predicted molar refractivity (Wildman–Crippen MR) is 72.5 cm³/mol. The lowest BCUT2D eigenvalue weighted by atomic mass is 10.1. The maximum atomic E-state index is 6.10. The minimum absolute atomic E-state index is 0.317. The van der Waals surface area contributed by atoms with Crippen LogP contribution in [0.5, 0.6) is 0 Å². The lowest BCUT2D eigenvalue weighted by Crippen LogP contribution is -2.05. The van der Waals surface area contributed by atoms with Gasteiger partial charge in [0.1, 0.15) is 17.3 Å². The van der Waals surface area contributed by atoms with Crippen LogP contribution >= 0.6 is 0 Å². The number of nitrogens with zero attached hydrogens (tertiary/aromatic N) is 2. The molecule has 0 unspecified atom stereocenters. The molecule has 0 aliphatic carbocycles. The Morgan fingerprint density at radius 2 is 2.17 bits per heavy atom. The normalized spacial score (nSPS) is 11.2. The molecule has 0 spiro atoms. The Balaban J connectivity index is 2.14. The lowest BCUT2D eigenvalue weighted by molar-refractivity contribution is 0.490. The number of nitrogens with one attached hydrogen (secondary N) is 1. The van der Waals surface area contributed by atoms with Crippen LogP contribution < -0.4 is 11.1 Å². The van der Waals surface area contributed by atoms with Crippen molar-refractivity contribution in [2.24, 2.45) is 7.05 Å². The average Bonchev–Trinajstić information content (AvgIpc) is 2.82. The highest BCUT2D eigenvalue weighted by Crippen LogP contribution is 2.28. The van der Waals surface area contributed by atoms with Crippen molar-refractivity contribution in [3.63, 3.8) is 0 Å². The Labute approximate surface area is 107 Å². The van der Waals surface area contributed by atoms with Gasteiger partial charge in [-0.05, 0) is 25.0 Å². The largest absolute Gasteiger partial charge is 0.465 e. The first-order chi connectivity index (χ1) is 8.49. The van der Waals surface area contributed by atoms with Gasteiger partial charge in [0, 0.05) is 7.05 Å². The number of nitrogens with two attached hydrogens (primary N) is 1. The second kappa shape index (κ2) is 4.76. The van der Waals surface area contributed by atoms with Crippen LogP contribution in [0.25, 0.3) is 0 Å². The van der Waals surface area contributed by atoms with E-state index in [2.05, 4.69) is 24.3 Å². The van der Waals surface area contributed by atoms with Crippen molar-refractivity contribution < 1.29 is 4.42 Å². The van der Waals surface area contributed by atoms with Crippen LogP contribution in [0.3, 0.4) is 0 Å². The molecule has 2 aromatic rings. The van der Waals surface area contributed by atoms with E-state index in [4.69, 9.17) is 10.2 Å². The van der Waals surface area contributed by atoms with E-state index in [9.17, 15) is 0 Å². The summed E-state index contributed by atoms with van der Waals surface area (Å²) in [6.07, 6.45) is 0. The molecule has 0 saturated heterocycles. The molecule has 2 aromatic heterocycles. The van der Waals surface area contributed by atoms with E-state index in [0.29, 0.717) is 12.5 Å². The Morgan fingerprint density at radius 1 is 1.44 bits per heavy atom. The molecule has 0 aliphatic heterocycles. The molecule has 2 rings (SSSR count). The summed E-state index contributed by atoms with van der Waals surface area (Å²) in [6, 6.07) is 3.90. The Bertz CT molecular complexity index is 539. The third-order valence-corrected chi connectivity index (χ3v) is 2.89. The van der Waals surface area contributed by atoms with Crippen LogP contribution in [0, 0.1) is 6.92 Å². The summed E-state index contributed by atoms with van der Waals surface area (Å²) in [6.45, 7) is 6.70. The molecule has 2 heterocycles. The fourth-order valence-electron chi connectivity index (χ4n) is 1.95. The van der Waals surface area contributed by atoms with Gasteiger partial charge in [0.15, 0.2) is 0 Å². The summed E-state index contributed by atoms with van der Waals surface area (Å²) in [5, 5.41) is 7.69. The second-order valence-corrected chi connectivity index (χ2v) is 4.79. The third-order valence-electron chi connectivity index (χ3n) is 2.89. The average molecular weight is 248 g/mol. The van der Waals surface area contributed by atoms with Crippen LogP contribution in [0.4, 0.5) is 11.5 Å². The number of anilines is 2. The molecule has 0 radical (unpaired) electrons. The van der Waals surface area contributed by atoms with Crippen molar-refractivity contribution >= 4 is 11.5 Å². The van der Waals surface area contributed by atoms with Gasteiger partial charge < -0.3 is 15.5 Å². The molecule has 0 atom stereocenters. The quantitative estimate of drug-likeness (QED) is 0.872. The first-order valence-corrected chi connectivity index (χ1v) is 6.10. The molecular weight excluding hydrogens is 228 g/mol. The molecule has 0 aromatic carbocycles. The van der Waals surface area contributed by atoms with Crippen LogP contribution in [-0.4, -0.2) is 9.78 Å². The van der Waals surface area contributed by atoms with Crippen molar-refractivity contribution in [2.45, 2.75) is 33.2 Å². The third kappa shape index (κ3) is 2.34. The molecule has 0 saturated carbocycles. The SMILES string of the molecule is Cc1ccc(CNc2c(N)c(C(C)C)nn2C)o1. The molecule has 0 fully saturated rings. The monoisotopic (exact) mass is 248 g/mol. The van der Waals surface area contributed by atoms with Gasteiger partial charge in [0.05, 0.1) is 17.9 Å². The molecule has 5 nitrogen and oxygen atoms in total. The van der Waals surface area contributed by atoms with E-state index in [1.165, 1.54) is 0 Å². The molecule has 0 amide bonds. The van der Waals surface area contributed by atoms with E-state index >= 15 is 0 Å². The maximum Gasteiger partial charge on any atom is 0.148 e. The highest BCUT2D eigenvalue weighted by atomic mass is 16.3. The topological polar surface area (TPSA) is 69.0 Å². The smallest absolute Gasteiger partial charge is 0.148 e. The van der Waals surface area contributed by atoms with Crippen molar-refractivity contribution in [1.82, 2.24) is 9.78 Å². The van der Waals surface area contributed by atoms with E-state index in [-0.39, 0.29) is 0 Å². The summed E-state index contributed by atoms with van der Waals surface area (Å²) in [7, 11) is 1.89. The zero-order valence-corrected chi connectivity index (χ0v) is 11.3. The highest BCUT2D eigenvalue weighted by Gasteiger charge is 2.15. The molecule has 0 aliphatic rings. The zero-order chi connectivity index (χ0) is 13.3. The van der Waals surface area contributed by atoms with Gasteiger partial charge in [-0.3, -0.25) is 4.68 Å². The van der Waals surface area contributed by atoms with Gasteiger partial charge in [0.2, 0.25) is 0 Å². The molecule has 18 heavy (non-hydrogen) atoms. The van der Waals surface area contributed by atoms with Crippen molar-refractivity contribution in [1.29, 1.82) is 0 Å². The van der Waals surface area contributed by atoms with Crippen LogP contribution in [0.15, 0.2) is 16.5 Å². The number of hydrogen-bond donors (Lipinski definition) is 2. The molecule has 0 bridgehead atoms. The van der Waals surface area contributed by atoms with Crippen molar-refractivity contribution in [3.8, 4) is 0 Å². The number of furan rings is 1. The summed E-state index contributed by atoms with van der Waals surface area (Å²) in [4.78, 5) is 0. The highest BCUT2D eigenvalue weighted by molar-refractivity contribution is 5.65. The van der Waals surface area contributed by atoms with Crippen LogP contribution in [0.1, 0.15) is 37.0 Å². The summed E-state index contributed by atoms with van der Waals surface area (Å²) < 4.78 is 7.28. The molecule has 3 N–H and O–H groups in total. The van der Waals surface area contributed by atoms with Crippen molar-refractivity contribution in [2.75, 3.05) is 11.1 Å². The summed E-state index contributed by atoms with van der Waals surface area (Å²) in [5.74, 6) is 2.96. The molecular formula is C13H20N4O. The minimum atomic E-state index is 0.317. The van der Waals surface area contributed by atoms with Gasteiger partial charge >= 0.3 is 0 Å². The fourth-order valence-corrected chi connectivity index (χ4v) is 1.95. The number of aryl methyl sites for hydroxylation is 2. The van der Waals surface area contributed by atoms with E-state index < -0.39 is 0 Å². The van der Waals surface area contributed by atoms with Crippen LogP contribution in [0.2, 0.25) is 0 Å². The second-order valence-electron chi connectivity index (χ2n) is 4.79. The lowest BCUT2D eigenvalue weighted by Gasteiger charge is -2.06. The fraction of sp³-hybridized carbons (Fsp3) is 0.462. The van der Waals surface area contributed by atoms with Gasteiger partial charge in [0.25, 0.3) is 0 Å². The Morgan fingerprint density at radius 3 is 2.67 bits per heavy atom. The van der Waals surface area contributed by atoms with Gasteiger partial charge in [-0.15, -0.1) is 0 Å². The predicted octanol–water partition coefficient (Wildman–Crippen LogP) is 2.64. The zero-order valence-electron chi connectivity index (χ0n) is 11.3. The maximum absolute atomic E-state index is 6.10. The van der Waals surface area contributed by atoms with E-state index in [1.54, 1.807) is 4.68 Å². The number of nitrogen functional groups attached to an aromatic ring is 1. The van der Waals surface area contributed by atoms with Gasteiger partial charge in [-0.25, -0.2) is 0 Å². The number of hydrogen-bond acceptors (Lipinski definition) is 4. The number of aromatic nitrogens is 2. The first-order valence-electron chi connectivity index (χ1n) is 6.10. The Hall–Kier alpha value is -1.91. The molecule has 98 valence electrons. The Kier molecular flexibility index (Phi) is 3.32. The van der Waals surface area contributed by atoms with Crippen molar-refractivity contribution in [3.05, 3.63) is 29.3 Å². The summed E-state index contributed by atoms with van der Waals surface area (Å²) >= 11 is 0. The minimum Gasteiger partial charge on any atom is -0.465 e. The summed E-state index contributed by atoms with van der Waals surface area (Å²) in [5.41, 5.74) is 7.74.